The fraction of sp³-hybridized carbons (Fsp3) is 0.0500. The molecule has 0 aliphatic rings. The van der Waals surface area contributed by atoms with Crippen LogP contribution >= 0.6 is 23.2 Å². The Labute approximate surface area is 154 Å². The maximum absolute atomic E-state index is 11.9. The van der Waals surface area contributed by atoms with E-state index in [-0.39, 0.29) is 0 Å². The smallest absolute Gasteiger partial charge is 0.249 e. The number of primary amides is 1. The van der Waals surface area contributed by atoms with Crippen molar-refractivity contribution in [2.75, 3.05) is 0 Å². The molecule has 0 unspecified atom stereocenters. The number of rotatable bonds is 3. The number of carbonyl (C=O) groups is 1. The van der Waals surface area contributed by atoms with Gasteiger partial charge in [0.2, 0.25) is 5.91 Å². The van der Waals surface area contributed by atoms with Crippen LogP contribution in [0, 0.1) is 0 Å². The Bertz CT molecular complexity index is 1130. The zero-order chi connectivity index (χ0) is 17.6. The summed E-state index contributed by atoms with van der Waals surface area (Å²) in [6, 6.07) is 18.9. The van der Waals surface area contributed by atoms with E-state index in [0.29, 0.717) is 22.2 Å². The molecule has 0 atom stereocenters. The molecule has 0 spiro atoms. The third-order valence-electron chi connectivity index (χ3n) is 4.41. The highest BCUT2D eigenvalue weighted by Crippen LogP contribution is 2.36. The first-order valence-corrected chi connectivity index (χ1v) is 8.56. The van der Waals surface area contributed by atoms with E-state index >= 15 is 0 Å². The van der Waals surface area contributed by atoms with Crippen molar-refractivity contribution in [3.05, 3.63) is 81.8 Å². The fourth-order valence-corrected chi connectivity index (χ4v) is 3.80. The molecule has 3 aromatic carbocycles. The minimum absolute atomic E-state index is 0.456. The molecule has 2 N–H and O–H groups in total. The molecule has 0 bridgehead atoms. The van der Waals surface area contributed by atoms with E-state index in [9.17, 15) is 4.79 Å². The van der Waals surface area contributed by atoms with Crippen LogP contribution in [0.4, 0.5) is 0 Å². The summed E-state index contributed by atoms with van der Waals surface area (Å²) >= 11 is 12.8. The van der Waals surface area contributed by atoms with Gasteiger partial charge in [-0.25, -0.2) is 0 Å². The van der Waals surface area contributed by atoms with Gasteiger partial charge in [-0.3, -0.25) is 4.79 Å². The Kier molecular flexibility index (Phi) is 3.91. The number of benzene rings is 3. The average Bonchev–Trinajstić information content (AvgIpc) is 2.92. The normalized spacial score (nSPS) is 11.3. The first-order chi connectivity index (χ1) is 12.1. The number of halogens is 2. The molecule has 0 fully saturated rings. The standard InChI is InChI=1S/C20H14Cl2N2O/c21-15-8-2-1-5-12(15)11-24-17-10-4-7-14(20(23)25)18(17)13-6-3-9-16(22)19(13)24/h1-10H,11H2,(H2,23,25). The molecular formula is C20H14Cl2N2O. The maximum Gasteiger partial charge on any atom is 0.249 e. The van der Waals surface area contributed by atoms with Crippen LogP contribution in [0.3, 0.4) is 0 Å². The minimum atomic E-state index is -0.456. The predicted molar refractivity (Wildman–Crippen MR) is 104 cm³/mol. The van der Waals surface area contributed by atoms with Crippen molar-refractivity contribution in [3.63, 3.8) is 0 Å². The summed E-state index contributed by atoms with van der Waals surface area (Å²) in [6.07, 6.45) is 0. The molecule has 5 heteroatoms. The van der Waals surface area contributed by atoms with Crippen LogP contribution in [0.25, 0.3) is 21.8 Å². The molecule has 3 nitrogen and oxygen atoms in total. The van der Waals surface area contributed by atoms with Crippen molar-refractivity contribution < 1.29 is 4.79 Å². The molecule has 0 aliphatic carbocycles. The van der Waals surface area contributed by atoms with E-state index < -0.39 is 5.91 Å². The van der Waals surface area contributed by atoms with Gasteiger partial charge in [-0.2, -0.15) is 0 Å². The lowest BCUT2D eigenvalue weighted by molar-refractivity contribution is 0.100. The van der Waals surface area contributed by atoms with Crippen molar-refractivity contribution in [1.29, 1.82) is 0 Å². The van der Waals surface area contributed by atoms with Gasteiger partial charge in [0.05, 0.1) is 16.1 Å². The Morgan fingerprint density at radius 3 is 2.40 bits per heavy atom. The van der Waals surface area contributed by atoms with Crippen molar-refractivity contribution >= 4 is 50.9 Å². The predicted octanol–water partition coefficient (Wildman–Crippen LogP) is 5.25. The summed E-state index contributed by atoms with van der Waals surface area (Å²) in [5, 5.41) is 3.04. The first kappa shape index (κ1) is 16.0. The summed E-state index contributed by atoms with van der Waals surface area (Å²) in [4.78, 5) is 11.9. The van der Waals surface area contributed by atoms with E-state index in [1.807, 2.05) is 54.6 Å². The van der Waals surface area contributed by atoms with Gasteiger partial charge in [0.1, 0.15) is 0 Å². The lowest BCUT2D eigenvalue weighted by Gasteiger charge is -2.10. The van der Waals surface area contributed by atoms with Gasteiger partial charge in [-0.05, 0) is 29.8 Å². The number of fused-ring (bicyclic) bond motifs is 3. The molecular weight excluding hydrogens is 355 g/mol. The zero-order valence-electron chi connectivity index (χ0n) is 13.2. The number of hydrogen-bond acceptors (Lipinski definition) is 1. The number of carbonyl (C=O) groups excluding carboxylic acids is 1. The van der Waals surface area contributed by atoms with E-state index in [4.69, 9.17) is 28.9 Å². The highest BCUT2D eigenvalue weighted by molar-refractivity contribution is 6.37. The number of amides is 1. The average molecular weight is 369 g/mol. The molecule has 1 amide bonds. The van der Waals surface area contributed by atoms with Gasteiger partial charge in [0.15, 0.2) is 0 Å². The monoisotopic (exact) mass is 368 g/mol. The van der Waals surface area contributed by atoms with E-state index in [1.165, 1.54) is 0 Å². The number of hydrogen-bond donors (Lipinski definition) is 1. The second-order valence-corrected chi connectivity index (χ2v) is 6.69. The highest BCUT2D eigenvalue weighted by Gasteiger charge is 2.18. The SMILES string of the molecule is NC(=O)c1cccc2c1c1cccc(Cl)c1n2Cc1ccccc1Cl. The van der Waals surface area contributed by atoms with Gasteiger partial charge in [-0.15, -0.1) is 0 Å². The zero-order valence-corrected chi connectivity index (χ0v) is 14.7. The molecule has 0 aliphatic heterocycles. The lowest BCUT2D eigenvalue weighted by Crippen LogP contribution is -2.11. The van der Waals surface area contributed by atoms with Gasteiger partial charge in [0.25, 0.3) is 0 Å². The largest absolute Gasteiger partial charge is 0.366 e. The van der Waals surface area contributed by atoms with Crippen LogP contribution in [0.15, 0.2) is 60.7 Å². The highest BCUT2D eigenvalue weighted by atomic mass is 35.5. The lowest BCUT2D eigenvalue weighted by atomic mass is 10.1. The molecule has 4 rings (SSSR count). The Balaban J connectivity index is 2.10. The Morgan fingerprint density at radius 2 is 1.64 bits per heavy atom. The van der Waals surface area contributed by atoms with Crippen molar-refractivity contribution in [2.24, 2.45) is 5.73 Å². The number of para-hydroxylation sites is 1. The summed E-state index contributed by atoms with van der Waals surface area (Å²) < 4.78 is 2.08. The summed E-state index contributed by atoms with van der Waals surface area (Å²) in [6.45, 7) is 0.547. The van der Waals surface area contributed by atoms with Gasteiger partial charge in [0, 0.05) is 27.9 Å². The van der Waals surface area contributed by atoms with Crippen LogP contribution in [0.2, 0.25) is 10.0 Å². The van der Waals surface area contributed by atoms with Crippen molar-refractivity contribution in [2.45, 2.75) is 6.54 Å². The van der Waals surface area contributed by atoms with Crippen LogP contribution < -0.4 is 5.73 Å². The van der Waals surface area contributed by atoms with E-state index in [2.05, 4.69) is 4.57 Å². The molecule has 25 heavy (non-hydrogen) atoms. The molecule has 124 valence electrons. The van der Waals surface area contributed by atoms with Crippen molar-refractivity contribution in [1.82, 2.24) is 4.57 Å². The first-order valence-electron chi connectivity index (χ1n) is 7.80. The number of nitrogens with zero attached hydrogens (tertiary/aromatic N) is 1. The third-order valence-corrected chi connectivity index (χ3v) is 5.08. The quantitative estimate of drug-likeness (QED) is 0.527. The van der Waals surface area contributed by atoms with Gasteiger partial charge in [-0.1, -0.05) is 59.6 Å². The van der Waals surface area contributed by atoms with E-state index in [0.717, 1.165) is 27.4 Å². The van der Waals surface area contributed by atoms with E-state index in [1.54, 1.807) is 6.07 Å². The molecule has 1 aromatic heterocycles. The van der Waals surface area contributed by atoms with Crippen LogP contribution in [0.1, 0.15) is 15.9 Å². The van der Waals surface area contributed by atoms with Gasteiger partial charge < -0.3 is 10.3 Å². The van der Waals surface area contributed by atoms with Crippen LogP contribution in [-0.4, -0.2) is 10.5 Å². The summed E-state index contributed by atoms with van der Waals surface area (Å²) in [7, 11) is 0. The second kappa shape index (κ2) is 6.10. The molecule has 1 heterocycles. The summed E-state index contributed by atoms with van der Waals surface area (Å²) in [5.74, 6) is -0.456. The summed E-state index contributed by atoms with van der Waals surface area (Å²) in [5.41, 5.74) is 8.83. The molecule has 0 saturated carbocycles. The van der Waals surface area contributed by atoms with Crippen molar-refractivity contribution in [3.8, 4) is 0 Å². The number of aromatic nitrogens is 1. The molecule has 0 saturated heterocycles. The minimum Gasteiger partial charge on any atom is -0.366 e. The maximum atomic E-state index is 11.9. The van der Waals surface area contributed by atoms with Crippen LogP contribution in [0.5, 0.6) is 0 Å². The van der Waals surface area contributed by atoms with Gasteiger partial charge >= 0.3 is 0 Å². The third kappa shape index (κ3) is 2.56. The Hall–Kier alpha value is -2.49. The topological polar surface area (TPSA) is 48.0 Å². The van der Waals surface area contributed by atoms with Crippen LogP contribution in [-0.2, 0) is 6.54 Å². The Morgan fingerprint density at radius 1 is 0.920 bits per heavy atom. The molecule has 0 radical (unpaired) electrons. The second-order valence-electron chi connectivity index (χ2n) is 5.88. The fourth-order valence-electron chi connectivity index (χ4n) is 3.33. The number of nitrogens with two attached hydrogens (primary N) is 1. The molecule has 4 aromatic rings.